The highest BCUT2D eigenvalue weighted by molar-refractivity contribution is 9.10. The molecule has 0 aliphatic rings. The molecule has 1 aromatic carbocycles. The average molecular weight is 332 g/mol. The highest BCUT2D eigenvalue weighted by atomic mass is 79.9. The lowest BCUT2D eigenvalue weighted by atomic mass is 9.99. The van der Waals surface area contributed by atoms with Crippen LogP contribution in [0.3, 0.4) is 0 Å². The normalized spacial score (nSPS) is 11.7. The van der Waals surface area contributed by atoms with E-state index in [9.17, 15) is 8.78 Å². The molecular weight excluding hydrogens is 316 g/mol. The van der Waals surface area contributed by atoms with Crippen LogP contribution in [0.25, 0.3) is 11.0 Å². The molecule has 0 amide bonds. The van der Waals surface area contributed by atoms with Gasteiger partial charge in [-0.05, 0) is 41.4 Å². The highest BCUT2D eigenvalue weighted by Gasteiger charge is 2.22. The van der Waals surface area contributed by atoms with Crippen LogP contribution in [0.15, 0.2) is 15.0 Å². The van der Waals surface area contributed by atoms with Gasteiger partial charge >= 0.3 is 0 Å². The second-order valence-electron chi connectivity index (χ2n) is 4.99. The second kappa shape index (κ2) is 5.59. The third kappa shape index (κ3) is 2.67. The standard InChI is InChI=1S/C14H16BrF2NO/c1-7(2)4-8-11(6-18-3)19-14-12(8)9(15)5-10(16)13(14)17/h5,7,18H,4,6H2,1-3H3. The molecule has 0 aliphatic heterocycles. The number of rotatable bonds is 4. The van der Waals surface area contributed by atoms with Crippen molar-refractivity contribution in [1.82, 2.24) is 5.32 Å². The van der Waals surface area contributed by atoms with Gasteiger partial charge in [0, 0.05) is 15.4 Å². The first kappa shape index (κ1) is 14.5. The minimum atomic E-state index is -0.925. The molecule has 1 N–H and O–H groups in total. The van der Waals surface area contributed by atoms with E-state index >= 15 is 0 Å². The van der Waals surface area contributed by atoms with Crippen molar-refractivity contribution in [1.29, 1.82) is 0 Å². The zero-order chi connectivity index (χ0) is 14.2. The molecule has 0 unspecified atom stereocenters. The predicted molar refractivity (Wildman–Crippen MR) is 75.1 cm³/mol. The van der Waals surface area contributed by atoms with Crippen LogP contribution in [0, 0.1) is 17.6 Å². The van der Waals surface area contributed by atoms with Crippen LogP contribution in [-0.2, 0) is 13.0 Å². The van der Waals surface area contributed by atoms with Gasteiger partial charge in [-0.25, -0.2) is 4.39 Å². The molecule has 2 aromatic rings. The smallest absolute Gasteiger partial charge is 0.201 e. The van der Waals surface area contributed by atoms with E-state index in [-0.39, 0.29) is 5.58 Å². The summed E-state index contributed by atoms with van der Waals surface area (Å²) in [6.45, 7) is 4.65. The Morgan fingerprint density at radius 1 is 1.37 bits per heavy atom. The second-order valence-corrected chi connectivity index (χ2v) is 5.84. The van der Waals surface area contributed by atoms with Crippen molar-refractivity contribution in [2.45, 2.75) is 26.8 Å². The van der Waals surface area contributed by atoms with Gasteiger partial charge in [-0.3, -0.25) is 0 Å². The van der Waals surface area contributed by atoms with Crippen molar-refractivity contribution in [2.75, 3.05) is 7.05 Å². The Morgan fingerprint density at radius 3 is 2.63 bits per heavy atom. The molecule has 0 fully saturated rings. The van der Waals surface area contributed by atoms with Crippen LogP contribution in [0.2, 0.25) is 0 Å². The maximum Gasteiger partial charge on any atom is 0.201 e. The van der Waals surface area contributed by atoms with Crippen molar-refractivity contribution >= 4 is 26.9 Å². The molecule has 0 atom stereocenters. The lowest BCUT2D eigenvalue weighted by Crippen LogP contribution is -2.07. The number of hydrogen-bond donors (Lipinski definition) is 1. The fourth-order valence-electron chi connectivity index (χ4n) is 2.20. The van der Waals surface area contributed by atoms with Gasteiger partial charge in [-0.2, -0.15) is 4.39 Å². The molecule has 0 spiro atoms. The predicted octanol–water partition coefficient (Wildman–Crippen LogP) is 4.39. The van der Waals surface area contributed by atoms with Gasteiger partial charge in [0.1, 0.15) is 5.76 Å². The monoisotopic (exact) mass is 331 g/mol. The third-order valence-corrected chi connectivity index (χ3v) is 3.57. The van der Waals surface area contributed by atoms with Crippen molar-refractivity contribution in [2.24, 2.45) is 5.92 Å². The van der Waals surface area contributed by atoms with Crippen LogP contribution in [0.1, 0.15) is 25.2 Å². The number of furan rings is 1. The summed E-state index contributed by atoms with van der Waals surface area (Å²) in [6, 6.07) is 1.15. The molecule has 2 nitrogen and oxygen atoms in total. The van der Waals surface area contributed by atoms with Crippen molar-refractivity contribution in [3.63, 3.8) is 0 Å². The van der Waals surface area contributed by atoms with E-state index in [0.717, 1.165) is 18.1 Å². The van der Waals surface area contributed by atoms with Gasteiger partial charge in [0.15, 0.2) is 11.4 Å². The van der Waals surface area contributed by atoms with Gasteiger partial charge in [-0.1, -0.05) is 13.8 Å². The summed E-state index contributed by atoms with van der Waals surface area (Å²) in [5.74, 6) is -0.765. The van der Waals surface area contributed by atoms with Gasteiger partial charge in [0.05, 0.1) is 6.54 Å². The maximum absolute atomic E-state index is 13.8. The molecule has 1 aromatic heterocycles. The molecule has 0 radical (unpaired) electrons. The van der Waals surface area contributed by atoms with E-state index in [4.69, 9.17) is 4.42 Å². The highest BCUT2D eigenvalue weighted by Crippen LogP contribution is 2.36. The first-order valence-corrected chi connectivity index (χ1v) is 6.97. The molecule has 1 heterocycles. The fourth-order valence-corrected chi connectivity index (χ4v) is 2.82. The molecule has 5 heteroatoms. The summed E-state index contributed by atoms with van der Waals surface area (Å²) in [5.41, 5.74) is 0.929. The van der Waals surface area contributed by atoms with Crippen molar-refractivity contribution < 1.29 is 13.2 Å². The molecule has 0 saturated heterocycles. The molecule has 0 saturated carbocycles. The number of benzene rings is 1. The van der Waals surface area contributed by atoms with Crippen molar-refractivity contribution in [3.8, 4) is 0 Å². The Bertz CT molecular complexity index is 607. The van der Waals surface area contributed by atoms with E-state index in [2.05, 4.69) is 35.1 Å². The Kier molecular flexibility index (Phi) is 4.26. The minimum absolute atomic E-state index is 0.00669. The summed E-state index contributed by atoms with van der Waals surface area (Å²) in [4.78, 5) is 0. The zero-order valence-electron chi connectivity index (χ0n) is 11.1. The summed E-state index contributed by atoms with van der Waals surface area (Å²) >= 11 is 3.30. The zero-order valence-corrected chi connectivity index (χ0v) is 12.7. The Hall–Kier alpha value is -0.940. The Balaban J connectivity index is 2.73. The Morgan fingerprint density at radius 2 is 2.05 bits per heavy atom. The first-order chi connectivity index (χ1) is 8.95. The number of nitrogens with one attached hydrogen (secondary N) is 1. The largest absolute Gasteiger partial charge is 0.456 e. The minimum Gasteiger partial charge on any atom is -0.456 e. The first-order valence-electron chi connectivity index (χ1n) is 6.18. The van der Waals surface area contributed by atoms with E-state index in [1.165, 1.54) is 0 Å². The number of halogens is 3. The molecule has 0 bridgehead atoms. The number of fused-ring (bicyclic) bond motifs is 1. The summed E-state index contributed by atoms with van der Waals surface area (Å²) in [7, 11) is 1.79. The maximum atomic E-state index is 13.8. The van der Waals surface area contributed by atoms with Crippen molar-refractivity contribution in [3.05, 3.63) is 33.5 Å². The van der Waals surface area contributed by atoms with Crippen LogP contribution in [0.4, 0.5) is 8.78 Å². The van der Waals surface area contributed by atoms with Gasteiger partial charge in [0.25, 0.3) is 0 Å². The SMILES string of the molecule is CNCc1oc2c(F)c(F)cc(Br)c2c1CC(C)C. The summed E-state index contributed by atoms with van der Waals surface area (Å²) in [5, 5.41) is 3.62. The average Bonchev–Trinajstić information content (AvgIpc) is 2.66. The molecule has 0 aliphatic carbocycles. The fraction of sp³-hybridized carbons (Fsp3) is 0.429. The van der Waals surface area contributed by atoms with E-state index in [0.29, 0.717) is 28.1 Å². The molecule has 2 rings (SSSR count). The van der Waals surface area contributed by atoms with Gasteiger partial charge < -0.3 is 9.73 Å². The molecule has 104 valence electrons. The van der Waals surface area contributed by atoms with Crippen LogP contribution < -0.4 is 5.32 Å². The lowest BCUT2D eigenvalue weighted by Gasteiger charge is -2.06. The quantitative estimate of drug-likeness (QED) is 0.840. The summed E-state index contributed by atoms with van der Waals surface area (Å²) < 4.78 is 33.3. The molecule has 19 heavy (non-hydrogen) atoms. The van der Waals surface area contributed by atoms with E-state index in [1.54, 1.807) is 7.05 Å². The molecular formula is C14H16BrF2NO. The van der Waals surface area contributed by atoms with Gasteiger partial charge in [0.2, 0.25) is 5.82 Å². The topological polar surface area (TPSA) is 25.2 Å². The third-order valence-electron chi connectivity index (χ3n) is 2.94. The van der Waals surface area contributed by atoms with Crippen LogP contribution in [-0.4, -0.2) is 7.05 Å². The summed E-state index contributed by atoms with van der Waals surface area (Å²) in [6.07, 6.45) is 0.758. The Labute approximate surface area is 119 Å². The van der Waals surface area contributed by atoms with E-state index in [1.807, 2.05) is 0 Å². The van der Waals surface area contributed by atoms with Gasteiger partial charge in [-0.15, -0.1) is 0 Å². The van der Waals surface area contributed by atoms with E-state index < -0.39 is 11.6 Å². The number of hydrogen-bond acceptors (Lipinski definition) is 2. The van der Waals surface area contributed by atoms with Crippen LogP contribution >= 0.6 is 15.9 Å². The van der Waals surface area contributed by atoms with Crippen LogP contribution in [0.5, 0.6) is 0 Å². The lowest BCUT2D eigenvalue weighted by molar-refractivity contribution is 0.469.